The molecule has 1 aliphatic rings. The Bertz CT molecular complexity index is 482. The van der Waals surface area contributed by atoms with Gasteiger partial charge in [-0.25, -0.2) is 0 Å². The van der Waals surface area contributed by atoms with E-state index in [0.29, 0.717) is 6.42 Å². The number of carbonyl (C=O) groups excluding carboxylic acids is 1. The van der Waals surface area contributed by atoms with Crippen molar-refractivity contribution in [3.63, 3.8) is 0 Å². The Balaban J connectivity index is 2.22. The molecule has 0 N–H and O–H groups in total. The Morgan fingerprint density at radius 3 is 2.45 bits per heavy atom. The van der Waals surface area contributed by atoms with Gasteiger partial charge in [0.2, 0.25) is 5.91 Å². The normalized spacial score (nSPS) is 15.5. The van der Waals surface area contributed by atoms with Crippen molar-refractivity contribution in [3.8, 4) is 5.75 Å². The molecular weight excluding hydrogens is 250 g/mol. The number of benzene rings is 1. The maximum Gasteiger partial charge on any atom is 0.227 e. The van der Waals surface area contributed by atoms with Crippen LogP contribution in [0, 0.1) is 0 Å². The van der Waals surface area contributed by atoms with Gasteiger partial charge in [0.15, 0.2) is 0 Å². The maximum absolute atomic E-state index is 12.3. The number of rotatable bonds is 3. The lowest BCUT2D eigenvalue weighted by Crippen LogP contribution is -2.29. The van der Waals surface area contributed by atoms with Gasteiger partial charge in [-0.05, 0) is 29.9 Å². The van der Waals surface area contributed by atoms with Crippen molar-refractivity contribution in [2.24, 2.45) is 0 Å². The molecule has 1 aliphatic heterocycles. The third-order valence-corrected chi connectivity index (χ3v) is 3.95. The molecule has 3 heteroatoms. The summed E-state index contributed by atoms with van der Waals surface area (Å²) in [7, 11) is 1.66. The molecule has 1 aromatic rings. The molecule has 0 aromatic heterocycles. The minimum Gasteiger partial charge on any atom is -0.496 e. The summed E-state index contributed by atoms with van der Waals surface area (Å²) in [5, 5.41) is 0. The second kappa shape index (κ2) is 5.86. The lowest BCUT2D eigenvalue weighted by Gasteiger charge is -2.22. The van der Waals surface area contributed by atoms with E-state index < -0.39 is 0 Å². The topological polar surface area (TPSA) is 29.5 Å². The zero-order chi connectivity index (χ0) is 14.8. The number of methoxy groups -OCH3 is 1. The molecule has 0 unspecified atom stereocenters. The van der Waals surface area contributed by atoms with Crippen LogP contribution in [0.15, 0.2) is 18.2 Å². The molecule has 1 saturated heterocycles. The summed E-state index contributed by atoms with van der Waals surface area (Å²) in [6, 6.07) is 6.18. The highest BCUT2D eigenvalue weighted by molar-refractivity contribution is 5.79. The van der Waals surface area contributed by atoms with E-state index in [9.17, 15) is 4.79 Å². The maximum atomic E-state index is 12.3. The molecular formula is C17H25NO2. The van der Waals surface area contributed by atoms with E-state index >= 15 is 0 Å². The first kappa shape index (κ1) is 14.9. The minimum atomic E-state index is 0.0811. The highest BCUT2D eigenvalue weighted by Gasteiger charge is 2.21. The van der Waals surface area contributed by atoms with Crippen LogP contribution in [-0.2, 0) is 16.6 Å². The fourth-order valence-corrected chi connectivity index (χ4v) is 2.62. The zero-order valence-corrected chi connectivity index (χ0v) is 13.0. The van der Waals surface area contributed by atoms with Crippen molar-refractivity contribution < 1.29 is 9.53 Å². The first-order chi connectivity index (χ1) is 9.41. The van der Waals surface area contributed by atoms with E-state index in [1.807, 2.05) is 11.0 Å². The van der Waals surface area contributed by atoms with Gasteiger partial charge in [0, 0.05) is 18.7 Å². The highest BCUT2D eigenvalue weighted by Crippen LogP contribution is 2.28. The molecule has 3 nitrogen and oxygen atoms in total. The molecule has 1 amide bonds. The third kappa shape index (κ3) is 3.33. The van der Waals surface area contributed by atoms with Crippen LogP contribution in [0.4, 0.5) is 0 Å². The molecule has 2 rings (SSSR count). The van der Waals surface area contributed by atoms with Gasteiger partial charge in [0.05, 0.1) is 13.5 Å². The molecule has 1 fully saturated rings. The number of amides is 1. The van der Waals surface area contributed by atoms with Crippen LogP contribution >= 0.6 is 0 Å². The third-order valence-electron chi connectivity index (χ3n) is 3.95. The Morgan fingerprint density at radius 1 is 1.25 bits per heavy atom. The van der Waals surface area contributed by atoms with Gasteiger partial charge in [-0.1, -0.05) is 32.9 Å². The molecule has 110 valence electrons. The monoisotopic (exact) mass is 275 g/mol. The number of ether oxygens (including phenoxy) is 1. The average molecular weight is 275 g/mol. The Labute approximate surface area is 121 Å². The van der Waals surface area contributed by atoms with Crippen molar-refractivity contribution in [1.82, 2.24) is 4.90 Å². The lowest BCUT2D eigenvalue weighted by atomic mass is 9.85. The second-order valence-electron chi connectivity index (χ2n) is 6.54. The summed E-state index contributed by atoms with van der Waals surface area (Å²) < 4.78 is 5.41. The quantitative estimate of drug-likeness (QED) is 0.848. The fraction of sp³-hybridized carbons (Fsp3) is 0.588. The summed E-state index contributed by atoms with van der Waals surface area (Å²) in [4.78, 5) is 14.3. The lowest BCUT2D eigenvalue weighted by molar-refractivity contribution is -0.129. The number of hydrogen-bond acceptors (Lipinski definition) is 2. The van der Waals surface area contributed by atoms with Crippen LogP contribution in [0.25, 0.3) is 0 Å². The molecule has 1 aromatic carbocycles. The Kier molecular flexibility index (Phi) is 4.36. The zero-order valence-electron chi connectivity index (χ0n) is 13.0. The van der Waals surface area contributed by atoms with Crippen LogP contribution in [0.1, 0.15) is 44.7 Å². The van der Waals surface area contributed by atoms with E-state index in [1.165, 1.54) is 5.56 Å². The van der Waals surface area contributed by atoms with Crippen molar-refractivity contribution >= 4 is 5.91 Å². The first-order valence-electron chi connectivity index (χ1n) is 7.37. The summed E-state index contributed by atoms with van der Waals surface area (Å²) in [6.07, 6.45) is 2.70. The number of carbonyl (C=O) groups is 1. The van der Waals surface area contributed by atoms with Crippen LogP contribution in [0.3, 0.4) is 0 Å². The molecule has 0 bridgehead atoms. The number of likely N-dealkylation sites (tertiary alicyclic amines) is 1. The molecule has 20 heavy (non-hydrogen) atoms. The molecule has 1 heterocycles. The van der Waals surface area contributed by atoms with E-state index in [2.05, 4.69) is 32.9 Å². The van der Waals surface area contributed by atoms with Gasteiger partial charge in [0.1, 0.15) is 5.75 Å². The summed E-state index contributed by atoms with van der Waals surface area (Å²) >= 11 is 0. The summed E-state index contributed by atoms with van der Waals surface area (Å²) in [5.74, 6) is 1.03. The highest BCUT2D eigenvalue weighted by atomic mass is 16.5. The predicted octanol–water partition coefficient (Wildman–Crippen LogP) is 3.16. The van der Waals surface area contributed by atoms with Gasteiger partial charge in [-0.2, -0.15) is 0 Å². The van der Waals surface area contributed by atoms with Gasteiger partial charge >= 0.3 is 0 Å². The van der Waals surface area contributed by atoms with E-state index in [4.69, 9.17) is 4.74 Å². The van der Waals surface area contributed by atoms with Gasteiger partial charge in [0.25, 0.3) is 0 Å². The van der Waals surface area contributed by atoms with Gasteiger partial charge in [-0.3, -0.25) is 4.79 Å². The van der Waals surface area contributed by atoms with Crippen LogP contribution in [0.2, 0.25) is 0 Å². The standard InChI is InChI=1S/C17H25NO2/c1-17(2,3)14-7-8-15(20-4)13(11-14)12-16(19)18-9-5-6-10-18/h7-8,11H,5-6,9-10,12H2,1-4H3. The molecule has 0 saturated carbocycles. The molecule has 0 radical (unpaired) electrons. The summed E-state index contributed by atoms with van der Waals surface area (Å²) in [6.45, 7) is 8.35. The number of nitrogens with zero attached hydrogens (tertiary/aromatic N) is 1. The molecule has 0 spiro atoms. The average Bonchev–Trinajstić information content (AvgIpc) is 2.91. The first-order valence-corrected chi connectivity index (χ1v) is 7.37. The Hall–Kier alpha value is -1.51. The van der Waals surface area contributed by atoms with Crippen LogP contribution in [-0.4, -0.2) is 31.0 Å². The molecule has 0 aliphatic carbocycles. The SMILES string of the molecule is COc1ccc(C(C)(C)C)cc1CC(=O)N1CCCC1. The Morgan fingerprint density at radius 2 is 1.90 bits per heavy atom. The van der Waals surface area contributed by atoms with Crippen molar-refractivity contribution in [2.75, 3.05) is 20.2 Å². The number of hydrogen-bond donors (Lipinski definition) is 0. The van der Waals surface area contributed by atoms with Crippen molar-refractivity contribution in [2.45, 2.75) is 45.4 Å². The van der Waals surface area contributed by atoms with Crippen molar-refractivity contribution in [3.05, 3.63) is 29.3 Å². The van der Waals surface area contributed by atoms with E-state index in [-0.39, 0.29) is 11.3 Å². The van der Waals surface area contributed by atoms with Gasteiger partial charge in [-0.15, -0.1) is 0 Å². The van der Waals surface area contributed by atoms with E-state index in [0.717, 1.165) is 37.2 Å². The van der Waals surface area contributed by atoms with Crippen LogP contribution < -0.4 is 4.74 Å². The van der Waals surface area contributed by atoms with E-state index in [1.54, 1.807) is 7.11 Å². The van der Waals surface area contributed by atoms with Crippen molar-refractivity contribution in [1.29, 1.82) is 0 Å². The fourth-order valence-electron chi connectivity index (χ4n) is 2.62. The minimum absolute atomic E-state index is 0.0811. The second-order valence-corrected chi connectivity index (χ2v) is 6.54. The molecule has 0 atom stereocenters. The smallest absolute Gasteiger partial charge is 0.227 e. The largest absolute Gasteiger partial charge is 0.496 e. The van der Waals surface area contributed by atoms with Crippen LogP contribution in [0.5, 0.6) is 5.75 Å². The summed E-state index contributed by atoms with van der Waals surface area (Å²) in [5.41, 5.74) is 2.32. The predicted molar refractivity (Wildman–Crippen MR) is 81.2 cm³/mol. The van der Waals surface area contributed by atoms with Gasteiger partial charge < -0.3 is 9.64 Å².